The third kappa shape index (κ3) is 2.53. The van der Waals surface area contributed by atoms with Gasteiger partial charge in [0, 0.05) is 6.42 Å². The third-order valence-electron chi connectivity index (χ3n) is 2.97. The molecule has 0 atom stereocenters. The summed E-state index contributed by atoms with van der Waals surface area (Å²) in [6, 6.07) is 8.43. The van der Waals surface area contributed by atoms with Gasteiger partial charge in [0.15, 0.2) is 4.77 Å². The van der Waals surface area contributed by atoms with E-state index in [0.29, 0.717) is 4.77 Å². The molecule has 0 aliphatic carbocycles. The number of H-pyrrole nitrogens is 1. The number of aryl methyl sites for hydroxylation is 2. The first kappa shape index (κ1) is 13.0. The highest BCUT2D eigenvalue weighted by molar-refractivity contribution is 7.71. The Labute approximate surface area is 113 Å². The van der Waals surface area contributed by atoms with Crippen LogP contribution >= 0.6 is 12.2 Å². The molecule has 0 aliphatic heterocycles. The monoisotopic (exact) mass is 261 g/mol. The van der Waals surface area contributed by atoms with Crippen LogP contribution in [0.1, 0.15) is 38.1 Å². The fourth-order valence-corrected chi connectivity index (χ4v) is 2.43. The van der Waals surface area contributed by atoms with E-state index < -0.39 is 0 Å². The summed E-state index contributed by atoms with van der Waals surface area (Å²) in [4.78, 5) is 0. The smallest absolute Gasteiger partial charge is 0.199 e. The Kier molecular flexibility index (Phi) is 4.31. The Morgan fingerprint density at radius 2 is 1.89 bits per heavy atom. The van der Waals surface area contributed by atoms with Gasteiger partial charge >= 0.3 is 0 Å². The molecule has 0 spiro atoms. The molecule has 4 heteroatoms. The predicted molar refractivity (Wildman–Crippen MR) is 76.7 cm³/mol. The highest BCUT2D eigenvalue weighted by Gasteiger charge is 2.10. The van der Waals surface area contributed by atoms with E-state index in [1.165, 1.54) is 11.3 Å². The number of rotatable bonds is 5. The maximum absolute atomic E-state index is 5.36. The second-order valence-electron chi connectivity index (χ2n) is 4.41. The molecule has 2 rings (SSSR count). The molecule has 1 aromatic carbocycles. The van der Waals surface area contributed by atoms with Crippen molar-refractivity contribution in [1.82, 2.24) is 14.8 Å². The van der Waals surface area contributed by atoms with Gasteiger partial charge in [-0.2, -0.15) is 5.10 Å². The zero-order valence-electron chi connectivity index (χ0n) is 10.9. The molecule has 96 valence electrons. The molecule has 0 aliphatic rings. The lowest BCUT2D eigenvalue weighted by molar-refractivity contribution is 0.792. The van der Waals surface area contributed by atoms with Crippen LogP contribution in [0.4, 0.5) is 0 Å². The second-order valence-corrected chi connectivity index (χ2v) is 4.80. The topological polar surface area (TPSA) is 33.6 Å². The Morgan fingerprint density at radius 3 is 2.61 bits per heavy atom. The van der Waals surface area contributed by atoms with Crippen LogP contribution in [0.2, 0.25) is 0 Å². The van der Waals surface area contributed by atoms with E-state index in [2.05, 4.69) is 52.9 Å². The minimum atomic E-state index is 0.682. The molecule has 3 nitrogen and oxygen atoms in total. The predicted octanol–water partition coefficient (Wildman–Crippen LogP) is 3.83. The molecule has 18 heavy (non-hydrogen) atoms. The van der Waals surface area contributed by atoms with Crippen molar-refractivity contribution in [3.63, 3.8) is 0 Å². The van der Waals surface area contributed by atoms with E-state index in [1.807, 2.05) is 0 Å². The maximum atomic E-state index is 5.36. The van der Waals surface area contributed by atoms with Gasteiger partial charge in [0.2, 0.25) is 0 Å². The molecule has 0 fully saturated rings. The van der Waals surface area contributed by atoms with E-state index in [0.717, 1.165) is 31.5 Å². The summed E-state index contributed by atoms with van der Waals surface area (Å²) in [7, 11) is 0. The fraction of sp³-hybridized carbons (Fsp3) is 0.429. The number of hydrogen-bond donors (Lipinski definition) is 1. The van der Waals surface area contributed by atoms with Gasteiger partial charge < -0.3 is 0 Å². The van der Waals surface area contributed by atoms with Crippen molar-refractivity contribution in [2.45, 2.75) is 39.5 Å². The van der Waals surface area contributed by atoms with Crippen molar-refractivity contribution in [2.75, 3.05) is 0 Å². The van der Waals surface area contributed by atoms with Gasteiger partial charge in [-0.05, 0) is 36.7 Å². The van der Waals surface area contributed by atoms with Gasteiger partial charge in [-0.3, -0.25) is 9.67 Å². The number of nitrogens with one attached hydrogen (secondary N) is 1. The van der Waals surface area contributed by atoms with Crippen molar-refractivity contribution >= 4 is 12.2 Å². The lowest BCUT2D eigenvalue weighted by Crippen LogP contribution is -2.04. The minimum absolute atomic E-state index is 0.682. The summed E-state index contributed by atoms with van der Waals surface area (Å²) < 4.78 is 2.76. The number of hydrogen-bond acceptors (Lipinski definition) is 2. The summed E-state index contributed by atoms with van der Waals surface area (Å²) in [5.74, 6) is 1.02. The van der Waals surface area contributed by atoms with Crippen molar-refractivity contribution in [3.05, 3.63) is 40.4 Å². The Morgan fingerprint density at radius 1 is 1.17 bits per heavy atom. The van der Waals surface area contributed by atoms with Crippen LogP contribution in [-0.4, -0.2) is 14.8 Å². The Balaban J connectivity index is 2.54. The lowest BCUT2D eigenvalue weighted by Gasteiger charge is -2.11. The molecule has 0 radical (unpaired) electrons. The zero-order chi connectivity index (χ0) is 13.0. The van der Waals surface area contributed by atoms with E-state index in [-0.39, 0.29) is 0 Å². The van der Waals surface area contributed by atoms with Crippen molar-refractivity contribution in [3.8, 4) is 5.69 Å². The quantitative estimate of drug-likeness (QED) is 0.830. The first-order chi connectivity index (χ1) is 8.77. The molecule has 0 amide bonds. The first-order valence-corrected chi connectivity index (χ1v) is 6.93. The van der Waals surface area contributed by atoms with E-state index >= 15 is 0 Å². The molecule has 1 aromatic heterocycles. The van der Waals surface area contributed by atoms with Gasteiger partial charge in [-0.1, -0.05) is 38.5 Å². The molecule has 0 bridgehead atoms. The maximum Gasteiger partial charge on any atom is 0.199 e. The molecular weight excluding hydrogens is 242 g/mol. The van der Waals surface area contributed by atoms with Crippen LogP contribution < -0.4 is 0 Å². The van der Waals surface area contributed by atoms with Crippen molar-refractivity contribution in [1.29, 1.82) is 0 Å². The fourth-order valence-electron chi connectivity index (χ4n) is 2.18. The van der Waals surface area contributed by atoms with E-state index in [4.69, 9.17) is 12.2 Å². The van der Waals surface area contributed by atoms with Crippen LogP contribution in [0.5, 0.6) is 0 Å². The summed E-state index contributed by atoms with van der Waals surface area (Å²) in [5.41, 5.74) is 2.50. The van der Waals surface area contributed by atoms with Crippen LogP contribution in [-0.2, 0) is 12.8 Å². The van der Waals surface area contributed by atoms with Crippen LogP contribution in [0.3, 0.4) is 0 Å². The molecule has 2 aromatic rings. The SMILES string of the molecule is CCCc1ccccc1-n1c(CCC)n[nH]c1=S. The largest absolute Gasteiger partial charge is 0.272 e. The molecule has 1 heterocycles. The van der Waals surface area contributed by atoms with Crippen LogP contribution in [0.25, 0.3) is 5.69 Å². The number of aromatic amines is 1. The molecule has 0 saturated carbocycles. The summed E-state index contributed by atoms with van der Waals surface area (Å²) in [6.45, 7) is 4.35. The highest BCUT2D eigenvalue weighted by Crippen LogP contribution is 2.18. The number of para-hydroxylation sites is 1. The normalized spacial score (nSPS) is 10.8. The molecule has 0 unspecified atom stereocenters. The molecule has 0 saturated heterocycles. The van der Waals surface area contributed by atoms with Gasteiger partial charge in [0.05, 0.1) is 5.69 Å². The number of nitrogens with zero attached hydrogens (tertiary/aromatic N) is 2. The Bertz CT molecular complexity index is 568. The standard InChI is InChI=1S/C14H19N3S/c1-3-7-11-9-5-6-10-12(11)17-13(8-4-2)15-16-14(17)18/h5-6,9-10H,3-4,7-8H2,1-2H3,(H,16,18). The zero-order valence-corrected chi connectivity index (χ0v) is 11.8. The van der Waals surface area contributed by atoms with Gasteiger partial charge in [-0.15, -0.1) is 0 Å². The minimum Gasteiger partial charge on any atom is -0.272 e. The number of benzene rings is 1. The van der Waals surface area contributed by atoms with Crippen molar-refractivity contribution in [2.24, 2.45) is 0 Å². The van der Waals surface area contributed by atoms with Gasteiger partial charge in [0.25, 0.3) is 0 Å². The first-order valence-electron chi connectivity index (χ1n) is 6.52. The van der Waals surface area contributed by atoms with Gasteiger partial charge in [-0.25, -0.2) is 0 Å². The van der Waals surface area contributed by atoms with Gasteiger partial charge in [0.1, 0.15) is 5.82 Å². The highest BCUT2D eigenvalue weighted by atomic mass is 32.1. The van der Waals surface area contributed by atoms with E-state index in [1.54, 1.807) is 0 Å². The third-order valence-corrected chi connectivity index (χ3v) is 3.24. The summed E-state index contributed by atoms with van der Waals surface area (Å²) in [5, 5.41) is 7.23. The second kappa shape index (κ2) is 5.96. The lowest BCUT2D eigenvalue weighted by atomic mass is 10.1. The van der Waals surface area contributed by atoms with Crippen LogP contribution in [0, 0.1) is 4.77 Å². The average molecular weight is 261 g/mol. The van der Waals surface area contributed by atoms with Crippen molar-refractivity contribution < 1.29 is 0 Å². The molecule has 1 N–H and O–H groups in total. The summed E-state index contributed by atoms with van der Waals surface area (Å²) >= 11 is 5.36. The summed E-state index contributed by atoms with van der Waals surface area (Å²) in [6.07, 6.45) is 4.20. The average Bonchev–Trinajstić information content (AvgIpc) is 2.73. The van der Waals surface area contributed by atoms with Crippen LogP contribution in [0.15, 0.2) is 24.3 Å². The molecular formula is C14H19N3S. The van der Waals surface area contributed by atoms with E-state index in [9.17, 15) is 0 Å². The Hall–Kier alpha value is -1.42. The number of aromatic nitrogens is 3.